The van der Waals surface area contributed by atoms with Gasteiger partial charge in [0, 0.05) is 6.04 Å². The summed E-state index contributed by atoms with van der Waals surface area (Å²) >= 11 is 5.69. The van der Waals surface area contributed by atoms with E-state index >= 15 is 0 Å². The van der Waals surface area contributed by atoms with Crippen LogP contribution in [0.5, 0.6) is 0 Å². The average molecular weight is 255 g/mol. The van der Waals surface area contributed by atoms with Gasteiger partial charge in [-0.15, -0.1) is 0 Å². The number of halogens is 4. The number of nitrogens with two attached hydrogens (primary N) is 1. The average Bonchev–Trinajstić information content (AvgIpc) is 2.08. The highest BCUT2D eigenvalue weighted by molar-refractivity contribution is 6.32. The van der Waals surface area contributed by atoms with Gasteiger partial charge in [-0.1, -0.05) is 11.6 Å². The summed E-state index contributed by atoms with van der Waals surface area (Å²) in [5.41, 5.74) is 5.29. The highest BCUT2D eigenvalue weighted by atomic mass is 35.5. The Morgan fingerprint density at radius 1 is 1.56 bits per heavy atom. The van der Waals surface area contributed by atoms with Crippen molar-refractivity contribution in [3.63, 3.8) is 0 Å². The van der Waals surface area contributed by atoms with E-state index in [9.17, 15) is 13.2 Å². The van der Waals surface area contributed by atoms with E-state index in [1.807, 2.05) is 0 Å². The Kier molecular flexibility index (Phi) is 3.79. The molecule has 1 atom stereocenters. The van der Waals surface area contributed by atoms with E-state index in [0.717, 1.165) is 0 Å². The fourth-order valence-electron chi connectivity index (χ4n) is 1.11. The van der Waals surface area contributed by atoms with Crippen LogP contribution in [-0.2, 0) is 0 Å². The zero-order valence-corrected chi connectivity index (χ0v) is 9.10. The summed E-state index contributed by atoms with van der Waals surface area (Å²) in [5, 5.41) is 2.65. The number of alkyl halides is 3. The minimum Gasteiger partial charge on any atom is -0.368 e. The van der Waals surface area contributed by atoms with Gasteiger partial charge >= 0.3 is 6.18 Å². The fourth-order valence-corrected chi connectivity index (χ4v) is 1.26. The smallest absolute Gasteiger partial charge is 0.368 e. The van der Waals surface area contributed by atoms with Crippen LogP contribution < -0.4 is 11.1 Å². The van der Waals surface area contributed by atoms with Crippen LogP contribution in [0, 0.1) is 0 Å². The first kappa shape index (κ1) is 12.8. The minimum absolute atomic E-state index is 0.0499. The highest BCUT2D eigenvalue weighted by Gasteiger charge is 2.30. The van der Waals surface area contributed by atoms with E-state index in [1.165, 1.54) is 13.1 Å². The Balaban J connectivity index is 2.69. The molecule has 1 heterocycles. The molecule has 0 aliphatic carbocycles. The fraction of sp³-hybridized carbons (Fsp3) is 0.500. The third-order valence-corrected chi connectivity index (χ3v) is 1.96. The zero-order chi connectivity index (χ0) is 12.3. The van der Waals surface area contributed by atoms with Crippen LogP contribution in [0.4, 0.5) is 24.9 Å². The molecule has 0 aliphatic rings. The quantitative estimate of drug-likeness (QED) is 0.870. The van der Waals surface area contributed by atoms with Crippen molar-refractivity contribution >= 4 is 23.4 Å². The second-order valence-corrected chi connectivity index (χ2v) is 3.70. The lowest BCUT2D eigenvalue weighted by molar-refractivity contribution is -0.136. The Bertz CT molecular complexity index is 369. The molecule has 0 fully saturated rings. The van der Waals surface area contributed by atoms with Crippen LogP contribution in [0.15, 0.2) is 6.20 Å². The molecule has 16 heavy (non-hydrogen) atoms. The molecule has 3 N–H and O–H groups in total. The van der Waals surface area contributed by atoms with Gasteiger partial charge in [0.15, 0.2) is 5.82 Å². The van der Waals surface area contributed by atoms with Crippen molar-refractivity contribution in [1.82, 2.24) is 9.97 Å². The molecular weight excluding hydrogens is 245 g/mol. The maximum absolute atomic E-state index is 12.1. The lowest BCUT2D eigenvalue weighted by atomic mass is 10.2. The number of nitrogen functional groups attached to an aromatic ring is 1. The van der Waals surface area contributed by atoms with Crippen molar-refractivity contribution in [3.8, 4) is 0 Å². The second-order valence-electron chi connectivity index (χ2n) is 3.29. The van der Waals surface area contributed by atoms with Crippen LogP contribution >= 0.6 is 11.6 Å². The van der Waals surface area contributed by atoms with E-state index in [4.69, 9.17) is 17.3 Å². The predicted octanol–water partition coefficient (Wildman–Crippen LogP) is 2.46. The number of hydrogen-bond donors (Lipinski definition) is 2. The SMILES string of the molecule is CC(CC(F)(F)F)Nc1nc(N)ncc1Cl. The second kappa shape index (κ2) is 4.73. The first-order chi connectivity index (χ1) is 7.28. The first-order valence-corrected chi connectivity index (χ1v) is 4.77. The lowest BCUT2D eigenvalue weighted by Crippen LogP contribution is -2.24. The standard InChI is InChI=1S/C8H10ClF3N4/c1-4(2-8(10,11)12)15-6-5(9)3-14-7(13)16-6/h3-4H,2H2,1H3,(H3,13,14,15,16). The Hall–Kier alpha value is -1.24. The molecule has 0 radical (unpaired) electrons. The third-order valence-electron chi connectivity index (χ3n) is 1.68. The molecule has 0 saturated carbocycles. The van der Waals surface area contributed by atoms with Crippen molar-refractivity contribution in [2.75, 3.05) is 11.1 Å². The van der Waals surface area contributed by atoms with Crippen LogP contribution in [0.25, 0.3) is 0 Å². The molecule has 0 saturated heterocycles. The molecule has 1 aromatic rings. The first-order valence-electron chi connectivity index (χ1n) is 4.39. The van der Waals surface area contributed by atoms with Crippen molar-refractivity contribution in [2.45, 2.75) is 25.6 Å². The molecule has 4 nitrogen and oxygen atoms in total. The molecule has 8 heteroatoms. The summed E-state index contributed by atoms with van der Waals surface area (Å²) in [4.78, 5) is 7.29. The van der Waals surface area contributed by atoms with E-state index in [2.05, 4.69) is 15.3 Å². The van der Waals surface area contributed by atoms with Crippen LogP contribution in [0.3, 0.4) is 0 Å². The van der Waals surface area contributed by atoms with Gasteiger partial charge < -0.3 is 11.1 Å². The van der Waals surface area contributed by atoms with E-state index in [0.29, 0.717) is 0 Å². The summed E-state index contributed by atoms with van der Waals surface area (Å²) in [6, 6.07) is -0.841. The lowest BCUT2D eigenvalue weighted by Gasteiger charge is -2.16. The number of nitrogens with one attached hydrogen (secondary N) is 1. The van der Waals surface area contributed by atoms with E-state index < -0.39 is 18.6 Å². The summed E-state index contributed by atoms with van der Waals surface area (Å²) in [7, 11) is 0. The predicted molar refractivity (Wildman–Crippen MR) is 55.2 cm³/mol. The molecule has 0 amide bonds. The molecule has 0 bridgehead atoms. The molecule has 0 spiro atoms. The third kappa shape index (κ3) is 4.09. The van der Waals surface area contributed by atoms with Gasteiger partial charge in [0.2, 0.25) is 5.95 Å². The van der Waals surface area contributed by atoms with E-state index in [1.54, 1.807) is 0 Å². The topological polar surface area (TPSA) is 63.8 Å². The van der Waals surface area contributed by atoms with Gasteiger partial charge in [0.1, 0.15) is 5.02 Å². The zero-order valence-electron chi connectivity index (χ0n) is 8.35. The largest absolute Gasteiger partial charge is 0.391 e. The minimum atomic E-state index is -4.24. The molecule has 1 rings (SSSR count). The monoisotopic (exact) mass is 254 g/mol. The van der Waals surface area contributed by atoms with Crippen LogP contribution in [0.1, 0.15) is 13.3 Å². The molecule has 0 aliphatic heterocycles. The molecule has 1 aromatic heterocycles. The van der Waals surface area contributed by atoms with Gasteiger partial charge in [-0.3, -0.25) is 0 Å². The Morgan fingerprint density at radius 3 is 2.75 bits per heavy atom. The van der Waals surface area contributed by atoms with Gasteiger partial charge in [-0.25, -0.2) is 4.98 Å². The molecule has 0 aromatic carbocycles. The van der Waals surface area contributed by atoms with E-state index in [-0.39, 0.29) is 16.8 Å². The molecular formula is C8H10ClF3N4. The number of hydrogen-bond acceptors (Lipinski definition) is 4. The Labute approximate surface area is 95.0 Å². The number of aromatic nitrogens is 2. The number of nitrogens with zero attached hydrogens (tertiary/aromatic N) is 2. The number of rotatable bonds is 3. The van der Waals surface area contributed by atoms with Crippen molar-refractivity contribution in [1.29, 1.82) is 0 Å². The summed E-state index contributed by atoms with van der Waals surface area (Å²) < 4.78 is 36.2. The summed E-state index contributed by atoms with van der Waals surface area (Å²) in [6.07, 6.45) is -3.99. The number of anilines is 2. The highest BCUT2D eigenvalue weighted by Crippen LogP contribution is 2.25. The van der Waals surface area contributed by atoms with Gasteiger partial charge in [0.05, 0.1) is 12.6 Å². The normalized spacial score (nSPS) is 13.6. The maximum atomic E-state index is 12.1. The van der Waals surface area contributed by atoms with Crippen LogP contribution in [0.2, 0.25) is 5.02 Å². The van der Waals surface area contributed by atoms with Gasteiger partial charge in [-0.05, 0) is 6.92 Å². The summed E-state index contributed by atoms with van der Waals surface area (Å²) in [5.74, 6) is 0.0528. The van der Waals surface area contributed by atoms with Crippen molar-refractivity contribution in [3.05, 3.63) is 11.2 Å². The molecule has 90 valence electrons. The van der Waals surface area contributed by atoms with Crippen molar-refractivity contribution < 1.29 is 13.2 Å². The van der Waals surface area contributed by atoms with Gasteiger partial charge in [0.25, 0.3) is 0 Å². The maximum Gasteiger partial charge on any atom is 0.391 e. The van der Waals surface area contributed by atoms with Gasteiger partial charge in [-0.2, -0.15) is 18.2 Å². The van der Waals surface area contributed by atoms with Crippen molar-refractivity contribution in [2.24, 2.45) is 0 Å². The summed E-state index contributed by atoms with van der Waals surface area (Å²) in [6.45, 7) is 1.38. The van der Waals surface area contributed by atoms with Crippen LogP contribution in [-0.4, -0.2) is 22.2 Å². The molecule has 1 unspecified atom stereocenters. The Morgan fingerprint density at radius 2 is 2.19 bits per heavy atom.